The van der Waals surface area contributed by atoms with E-state index >= 15 is 0 Å². The van der Waals surface area contributed by atoms with Gasteiger partial charge in [0.2, 0.25) is 5.91 Å². The van der Waals surface area contributed by atoms with Crippen LogP contribution in [0.4, 0.5) is 0 Å². The molecule has 7 heteroatoms. The van der Waals surface area contributed by atoms with E-state index in [0.29, 0.717) is 26.1 Å². The van der Waals surface area contributed by atoms with Gasteiger partial charge in [-0.15, -0.1) is 0 Å². The number of amides is 2. The second-order valence-electron chi connectivity index (χ2n) is 8.26. The minimum atomic E-state index is -0.564. The maximum absolute atomic E-state index is 11.9. The summed E-state index contributed by atoms with van der Waals surface area (Å²) >= 11 is 0. The fraction of sp³-hybridized carbons (Fsp3) is 0.591. The number of hydrogen-bond acceptors (Lipinski definition) is 5. The molecule has 0 unspecified atom stereocenters. The lowest BCUT2D eigenvalue weighted by molar-refractivity contribution is -0.152. The number of benzene rings is 1. The largest absolute Gasteiger partial charge is 0.492 e. The normalized spacial score (nSPS) is 14.9. The lowest BCUT2D eigenvalue weighted by Crippen LogP contribution is -2.38. The molecule has 1 aromatic carbocycles. The maximum Gasteiger partial charge on any atom is 0.326 e. The number of rotatable bonds is 8. The highest BCUT2D eigenvalue weighted by molar-refractivity contribution is 5.84. The van der Waals surface area contributed by atoms with Gasteiger partial charge in [0.05, 0.1) is 6.54 Å². The summed E-state index contributed by atoms with van der Waals surface area (Å²) in [6.45, 7) is 7.18. The number of esters is 1. The molecule has 0 aromatic heterocycles. The number of nitrogens with one attached hydrogen (secondary N) is 1. The zero-order valence-electron chi connectivity index (χ0n) is 17.7. The Labute approximate surface area is 172 Å². The van der Waals surface area contributed by atoms with Crippen molar-refractivity contribution < 1.29 is 23.9 Å². The summed E-state index contributed by atoms with van der Waals surface area (Å²) in [7, 11) is 0. The molecular weight excluding hydrogens is 372 g/mol. The average molecular weight is 405 g/mol. The van der Waals surface area contributed by atoms with E-state index in [9.17, 15) is 14.4 Å². The first-order valence-electron chi connectivity index (χ1n) is 10.2. The van der Waals surface area contributed by atoms with Gasteiger partial charge in [0.1, 0.15) is 18.9 Å². The molecule has 2 amide bonds. The molecule has 29 heavy (non-hydrogen) atoms. The lowest BCUT2D eigenvalue weighted by Gasteiger charge is -2.19. The molecule has 1 aromatic rings. The molecule has 0 saturated carbocycles. The van der Waals surface area contributed by atoms with Crippen LogP contribution < -0.4 is 10.1 Å². The van der Waals surface area contributed by atoms with E-state index in [1.54, 1.807) is 0 Å². The summed E-state index contributed by atoms with van der Waals surface area (Å²) in [5, 5.41) is 2.64. The molecule has 1 fully saturated rings. The van der Waals surface area contributed by atoms with Crippen LogP contribution in [0, 0.1) is 0 Å². The van der Waals surface area contributed by atoms with Gasteiger partial charge in [-0.3, -0.25) is 14.4 Å². The zero-order valence-corrected chi connectivity index (χ0v) is 17.7. The quantitative estimate of drug-likeness (QED) is 0.531. The van der Waals surface area contributed by atoms with Gasteiger partial charge in [0, 0.05) is 13.0 Å². The zero-order chi connectivity index (χ0) is 21.3. The highest BCUT2D eigenvalue weighted by Crippen LogP contribution is 2.24. The fourth-order valence-electron chi connectivity index (χ4n) is 3.01. The number of ether oxygens (including phenoxy) is 2. The predicted octanol–water partition coefficient (Wildman–Crippen LogP) is 2.42. The van der Waals surface area contributed by atoms with Gasteiger partial charge in [-0.25, -0.2) is 0 Å². The summed E-state index contributed by atoms with van der Waals surface area (Å²) in [6, 6.07) is 7.88. The molecule has 0 atom stereocenters. The van der Waals surface area contributed by atoms with Crippen LogP contribution in [0.15, 0.2) is 24.3 Å². The Kier molecular flexibility index (Phi) is 8.49. The monoisotopic (exact) mass is 404 g/mol. The molecule has 0 spiro atoms. The van der Waals surface area contributed by atoms with Gasteiger partial charge in [-0.05, 0) is 36.0 Å². The van der Waals surface area contributed by atoms with Crippen molar-refractivity contribution in [2.24, 2.45) is 0 Å². The maximum atomic E-state index is 11.9. The second kappa shape index (κ2) is 10.8. The number of hydrogen-bond donors (Lipinski definition) is 1. The first-order chi connectivity index (χ1) is 13.8. The van der Waals surface area contributed by atoms with Gasteiger partial charge in [0.15, 0.2) is 6.61 Å². The van der Waals surface area contributed by atoms with Crippen molar-refractivity contribution in [2.45, 2.75) is 51.9 Å². The minimum Gasteiger partial charge on any atom is -0.492 e. The van der Waals surface area contributed by atoms with Crippen LogP contribution in [-0.4, -0.2) is 55.5 Å². The Hall–Kier alpha value is -2.57. The van der Waals surface area contributed by atoms with E-state index in [0.717, 1.165) is 25.0 Å². The standard InChI is InChI=1S/C22H32N2O5/c1-22(2,3)17-8-10-18(11-9-17)28-14-12-23-19(25)16-29-21(27)15-24-13-6-4-5-7-20(24)26/h8-11H,4-7,12-16H2,1-3H3,(H,23,25). The first kappa shape index (κ1) is 22.7. The van der Waals surface area contributed by atoms with Crippen molar-refractivity contribution in [2.75, 3.05) is 32.8 Å². The van der Waals surface area contributed by atoms with E-state index in [1.807, 2.05) is 24.3 Å². The Balaban J connectivity index is 1.60. The molecule has 1 saturated heterocycles. The molecule has 1 aliphatic heterocycles. The molecule has 0 bridgehead atoms. The van der Waals surface area contributed by atoms with Gasteiger partial charge in [-0.2, -0.15) is 0 Å². The van der Waals surface area contributed by atoms with E-state index < -0.39 is 11.9 Å². The second-order valence-corrected chi connectivity index (χ2v) is 8.26. The molecular formula is C22H32N2O5. The Morgan fingerprint density at radius 2 is 1.83 bits per heavy atom. The summed E-state index contributed by atoms with van der Waals surface area (Å²) in [5.74, 6) is -0.254. The predicted molar refractivity (Wildman–Crippen MR) is 110 cm³/mol. The summed E-state index contributed by atoms with van der Waals surface area (Å²) in [4.78, 5) is 37.0. The molecule has 0 aliphatic carbocycles. The molecule has 1 N–H and O–H groups in total. The highest BCUT2D eigenvalue weighted by atomic mass is 16.5. The topological polar surface area (TPSA) is 84.9 Å². The summed E-state index contributed by atoms with van der Waals surface area (Å²) < 4.78 is 10.6. The third-order valence-electron chi connectivity index (χ3n) is 4.77. The van der Waals surface area contributed by atoms with Crippen LogP contribution in [0.3, 0.4) is 0 Å². The van der Waals surface area contributed by atoms with Crippen molar-refractivity contribution in [3.8, 4) is 5.75 Å². The van der Waals surface area contributed by atoms with Crippen LogP contribution in [0.1, 0.15) is 52.0 Å². The van der Waals surface area contributed by atoms with Gasteiger partial charge in [-0.1, -0.05) is 39.3 Å². The SMILES string of the molecule is CC(C)(C)c1ccc(OCCNC(=O)COC(=O)CN2CCCCCC2=O)cc1. The Bertz CT molecular complexity index is 694. The Morgan fingerprint density at radius 3 is 2.52 bits per heavy atom. The average Bonchev–Trinajstić information content (AvgIpc) is 2.87. The van der Waals surface area contributed by atoms with Crippen LogP contribution in [0.25, 0.3) is 0 Å². The van der Waals surface area contributed by atoms with Crippen molar-refractivity contribution in [3.63, 3.8) is 0 Å². The first-order valence-corrected chi connectivity index (χ1v) is 10.2. The number of carbonyl (C=O) groups excluding carboxylic acids is 3. The number of carbonyl (C=O) groups is 3. The van der Waals surface area contributed by atoms with Crippen molar-refractivity contribution in [1.82, 2.24) is 10.2 Å². The molecule has 1 heterocycles. The molecule has 2 rings (SSSR count). The van der Waals surface area contributed by atoms with Crippen molar-refractivity contribution in [1.29, 1.82) is 0 Å². The smallest absolute Gasteiger partial charge is 0.326 e. The van der Waals surface area contributed by atoms with Crippen LogP contribution in [0.2, 0.25) is 0 Å². The van der Waals surface area contributed by atoms with Crippen molar-refractivity contribution >= 4 is 17.8 Å². The number of likely N-dealkylation sites (tertiary alicyclic amines) is 1. The van der Waals surface area contributed by atoms with Gasteiger partial charge in [0.25, 0.3) is 5.91 Å². The molecule has 7 nitrogen and oxygen atoms in total. The minimum absolute atomic E-state index is 0.0309. The van der Waals surface area contributed by atoms with E-state index in [1.165, 1.54) is 10.5 Å². The molecule has 1 aliphatic rings. The lowest BCUT2D eigenvalue weighted by atomic mass is 9.87. The van der Waals surface area contributed by atoms with E-state index in [4.69, 9.17) is 9.47 Å². The Morgan fingerprint density at radius 1 is 1.10 bits per heavy atom. The van der Waals surface area contributed by atoms with Crippen molar-refractivity contribution in [3.05, 3.63) is 29.8 Å². The molecule has 160 valence electrons. The van der Waals surface area contributed by atoms with Crippen LogP contribution in [0.5, 0.6) is 5.75 Å². The van der Waals surface area contributed by atoms with E-state index in [-0.39, 0.29) is 24.5 Å². The fourth-order valence-corrected chi connectivity index (χ4v) is 3.01. The highest BCUT2D eigenvalue weighted by Gasteiger charge is 2.20. The molecule has 0 radical (unpaired) electrons. The summed E-state index contributed by atoms with van der Waals surface area (Å²) in [5.41, 5.74) is 1.31. The summed E-state index contributed by atoms with van der Waals surface area (Å²) in [6.07, 6.45) is 3.20. The van der Waals surface area contributed by atoms with E-state index in [2.05, 4.69) is 26.1 Å². The third kappa shape index (κ3) is 8.13. The van der Waals surface area contributed by atoms with Crippen LogP contribution in [-0.2, 0) is 24.5 Å². The third-order valence-corrected chi connectivity index (χ3v) is 4.77. The van der Waals surface area contributed by atoms with Gasteiger partial charge >= 0.3 is 5.97 Å². The van der Waals surface area contributed by atoms with Crippen LogP contribution >= 0.6 is 0 Å². The van der Waals surface area contributed by atoms with Gasteiger partial charge < -0.3 is 19.7 Å². The number of nitrogens with zero attached hydrogens (tertiary/aromatic N) is 1.